The van der Waals surface area contributed by atoms with E-state index in [9.17, 15) is 14.4 Å². The van der Waals surface area contributed by atoms with Crippen molar-refractivity contribution in [2.45, 2.75) is 26.1 Å². The highest BCUT2D eigenvalue weighted by Gasteiger charge is 2.15. The molecule has 0 fully saturated rings. The highest BCUT2D eigenvalue weighted by Crippen LogP contribution is 2.18. The number of rotatable bonds is 7. The highest BCUT2D eigenvalue weighted by molar-refractivity contribution is 7.17. The van der Waals surface area contributed by atoms with Gasteiger partial charge in [-0.25, -0.2) is 4.79 Å². The van der Waals surface area contributed by atoms with E-state index in [1.54, 1.807) is 34.2 Å². The summed E-state index contributed by atoms with van der Waals surface area (Å²) in [7, 11) is 0. The average Bonchev–Trinajstić information content (AvgIpc) is 3.27. The van der Waals surface area contributed by atoms with Crippen molar-refractivity contribution in [3.05, 3.63) is 102 Å². The minimum atomic E-state index is -0.449. The summed E-state index contributed by atoms with van der Waals surface area (Å²) in [6, 6.07) is 16.2. The smallest absolute Gasteiger partial charge is 0.331 e. The van der Waals surface area contributed by atoms with Crippen molar-refractivity contribution in [1.29, 1.82) is 0 Å². The lowest BCUT2D eigenvalue weighted by molar-refractivity contribution is -0.121. The Morgan fingerprint density at radius 3 is 2.47 bits per heavy atom. The van der Waals surface area contributed by atoms with Gasteiger partial charge in [0.25, 0.3) is 5.56 Å². The molecule has 0 radical (unpaired) electrons. The maximum atomic E-state index is 13.2. The first-order chi connectivity index (χ1) is 15.4. The van der Waals surface area contributed by atoms with Gasteiger partial charge in [0.05, 0.1) is 12.1 Å². The van der Waals surface area contributed by atoms with Gasteiger partial charge in [-0.05, 0) is 40.8 Å². The molecule has 32 heavy (non-hydrogen) atoms. The first kappa shape index (κ1) is 22.3. The van der Waals surface area contributed by atoms with Gasteiger partial charge in [-0.3, -0.25) is 18.7 Å². The van der Waals surface area contributed by atoms with Gasteiger partial charge >= 0.3 is 5.69 Å². The Kier molecular flexibility index (Phi) is 6.79. The Labute approximate surface area is 197 Å². The zero-order valence-electron chi connectivity index (χ0n) is 16.9. The van der Waals surface area contributed by atoms with E-state index in [-0.39, 0.29) is 31.0 Å². The normalized spacial score (nSPS) is 11.1. The maximum Gasteiger partial charge on any atom is 0.331 e. The second kappa shape index (κ2) is 9.73. The molecule has 0 aliphatic rings. The Morgan fingerprint density at radius 1 is 0.969 bits per heavy atom. The molecular weight excluding hydrogens is 469 g/mol. The van der Waals surface area contributed by atoms with Crippen molar-refractivity contribution in [2.75, 3.05) is 0 Å². The Balaban J connectivity index is 1.55. The van der Waals surface area contributed by atoms with Crippen LogP contribution in [0.15, 0.2) is 69.6 Å². The van der Waals surface area contributed by atoms with Crippen LogP contribution < -0.4 is 16.6 Å². The molecule has 6 nitrogen and oxygen atoms in total. The number of thiophene rings is 1. The minimum absolute atomic E-state index is 0.00255. The standard InChI is InChI=1S/C23H19Cl2N3O3S/c24-17-7-5-15(6-8-17)14-28-19-10-12-32-21(19)22(30)27(23(28)31)11-9-20(29)26-13-16-3-1-2-4-18(16)25/h1-8,10,12H,9,11,13-14H2,(H,26,29). The van der Waals surface area contributed by atoms with E-state index in [1.807, 2.05) is 30.3 Å². The van der Waals surface area contributed by atoms with E-state index >= 15 is 0 Å². The molecule has 0 saturated carbocycles. The molecule has 0 saturated heterocycles. The number of carbonyl (C=O) groups excluding carboxylic acids is 1. The largest absolute Gasteiger partial charge is 0.352 e. The number of hydrogen-bond donors (Lipinski definition) is 1. The molecule has 0 atom stereocenters. The van der Waals surface area contributed by atoms with E-state index in [0.29, 0.717) is 26.8 Å². The predicted octanol–water partition coefficient (Wildman–Crippen LogP) is 4.29. The molecule has 9 heteroatoms. The first-order valence-electron chi connectivity index (χ1n) is 9.89. The molecule has 0 aliphatic heterocycles. The van der Waals surface area contributed by atoms with Gasteiger partial charge < -0.3 is 5.32 Å². The summed E-state index contributed by atoms with van der Waals surface area (Å²) in [6.45, 7) is 0.556. The molecule has 0 aliphatic carbocycles. The fourth-order valence-corrected chi connectivity index (χ4v) is 4.56. The fraction of sp³-hybridized carbons (Fsp3) is 0.174. The van der Waals surface area contributed by atoms with E-state index in [0.717, 1.165) is 15.7 Å². The molecule has 2 heterocycles. The van der Waals surface area contributed by atoms with Crippen LogP contribution in [0.3, 0.4) is 0 Å². The fourth-order valence-electron chi connectivity index (χ4n) is 3.39. The van der Waals surface area contributed by atoms with Crippen molar-refractivity contribution in [1.82, 2.24) is 14.5 Å². The molecule has 2 aromatic heterocycles. The van der Waals surface area contributed by atoms with Crippen LogP contribution in [-0.2, 0) is 24.4 Å². The quantitative estimate of drug-likeness (QED) is 0.422. The van der Waals surface area contributed by atoms with Gasteiger partial charge in [-0.2, -0.15) is 0 Å². The second-order valence-electron chi connectivity index (χ2n) is 7.21. The number of hydrogen-bond acceptors (Lipinski definition) is 4. The monoisotopic (exact) mass is 487 g/mol. The Hall–Kier alpha value is -2.87. The number of amides is 1. The van der Waals surface area contributed by atoms with Crippen LogP contribution >= 0.6 is 34.5 Å². The Morgan fingerprint density at radius 2 is 1.72 bits per heavy atom. The maximum absolute atomic E-state index is 13.2. The van der Waals surface area contributed by atoms with Gasteiger partial charge in [0.2, 0.25) is 5.91 Å². The molecule has 164 valence electrons. The van der Waals surface area contributed by atoms with E-state index < -0.39 is 5.69 Å². The van der Waals surface area contributed by atoms with Gasteiger partial charge in [0, 0.05) is 29.6 Å². The molecule has 0 unspecified atom stereocenters. The number of nitrogens with zero attached hydrogens (tertiary/aromatic N) is 2. The zero-order valence-corrected chi connectivity index (χ0v) is 19.2. The van der Waals surface area contributed by atoms with Gasteiger partial charge in [0.1, 0.15) is 4.70 Å². The number of benzene rings is 2. The second-order valence-corrected chi connectivity index (χ2v) is 8.96. The van der Waals surface area contributed by atoms with Crippen LogP contribution in [0.25, 0.3) is 10.2 Å². The summed E-state index contributed by atoms with van der Waals surface area (Å²) >= 11 is 13.3. The van der Waals surface area contributed by atoms with Crippen LogP contribution in [0, 0.1) is 0 Å². The number of nitrogens with one attached hydrogen (secondary N) is 1. The van der Waals surface area contributed by atoms with Crippen LogP contribution in [-0.4, -0.2) is 15.0 Å². The third-order valence-electron chi connectivity index (χ3n) is 5.09. The molecule has 4 aromatic rings. The lowest BCUT2D eigenvalue weighted by Crippen LogP contribution is -2.40. The summed E-state index contributed by atoms with van der Waals surface area (Å²) in [4.78, 5) is 38.4. The summed E-state index contributed by atoms with van der Waals surface area (Å²) in [5, 5.41) is 5.74. The summed E-state index contributed by atoms with van der Waals surface area (Å²) in [5.41, 5.74) is 1.43. The van der Waals surface area contributed by atoms with Crippen molar-refractivity contribution < 1.29 is 4.79 Å². The third-order valence-corrected chi connectivity index (χ3v) is 6.60. The summed E-state index contributed by atoms with van der Waals surface area (Å²) in [6.07, 6.45) is -0.00255. The molecule has 0 spiro atoms. The van der Waals surface area contributed by atoms with Crippen LogP contribution in [0.4, 0.5) is 0 Å². The van der Waals surface area contributed by atoms with E-state index in [4.69, 9.17) is 23.2 Å². The number of fused-ring (bicyclic) bond motifs is 1. The van der Waals surface area contributed by atoms with Gasteiger partial charge in [0.15, 0.2) is 0 Å². The predicted molar refractivity (Wildman–Crippen MR) is 129 cm³/mol. The third kappa shape index (κ3) is 4.80. The number of aromatic nitrogens is 2. The highest BCUT2D eigenvalue weighted by atomic mass is 35.5. The molecular formula is C23H19Cl2N3O3S. The van der Waals surface area contributed by atoms with Crippen LogP contribution in [0.5, 0.6) is 0 Å². The minimum Gasteiger partial charge on any atom is -0.352 e. The van der Waals surface area contributed by atoms with Crippen molar-refractivity contribution in [3.63, 3.8) is 0 Å². The molecule has 1 N–H and O–H groups in total. The first-order valence-corrected chi connectivity index (χ1v) is 11.5. The van der Waals surface area contributed by atoms with Gasteiger partial charge in [-0.15, -0.1) is 11.3 Å². The van der Waals surface area contributed by atoms with Crippen molar-refractivity contribution in [3.8, 4) is 0 Å². The zero-order chi connectivity index (χ0) is 22.7. The average molecular weight is 488 g/mol. The molecule has 0 bridgehead atoms. The Bertz CT molecular complexity index is 1390. The molecule has 1 amide bonds. The van der Waals surface area contributed by atoms with E-state index in [1.165, 1.54) is 11.3 Å². The van der Waals surface area contributed by atoms with Crippen LogP contribution in [0.1, 0.15) is 17.5 Å². The molecule has 4 rings (SSSR count). The van der Waals surface area contributed by atoms with E-state index in [2.05, 4.69) is 5.32 Å². The number of carbonyl (C=O) groups is 1. The topological polar surface area (TPSA) is 73.1 Å². The number of halogens is 2. The lowest BCUT2D eigenvalue weighted by atomic mass is 10.2. The SMILES string of the molecule is O=C(CCn1c(=O)c2sccc2n(Cc2ccc(Cl)cc2)c1=O)NCc1ccccc1Cl. The van der Waals surface area contributed by atoms with Crippen LogP contribution in [0.2, 0.25) is 10.0 Å². The van der Waals surface area contributed by atoms with Crippen molar-refractivity contribution in [2.24, 2.45) is 0 Å². The van der Waals surface area contributed by atoms with Gasteiger partial charge in [-0.1, -0.05) is 53.5 Å². The summed E-state index contributed by atoms with van der Waals surface area (Å²) < 4.78 is 3.16. The van der Waals surface area contributed by atoms with Crippen molar-refractivity contribution >= 4 is 50.7 Å². The molecule has 2 aromatic carbocycles. The lowest BCUT2D eigenvalue weighted by Gasteiger charge is -2.13. The summed E-state index contributed by atoms with van der Waals surface area (Å²) in [5.74, 6) is -0.272.